The van der Waals surface area contributed by atoms with Gasteiger partial charge in [0.15, 0.2) is 0 Å². The summed E-state index contributed by atoms with van der Waals surface area (Å²) in [5.74, 6) is -0.171. The van der Waals surface area contributed by atoms with Gasteiger partial charge >= 0.3 is 7.82 Å². The predicted molar refractivity (Wildman–Crippen MR) is 221 cm³/mol. The van der Waals surface area contributed by atoms with Gasteiger partial charge in [0.05, 0.1) is 39.9 Å². The summed E-state index contributed by atoms with van der Waals surface area (Å²) >= 11 is 0. The van der Waals surface area contributed by atoms with Crippen LogP contribution in [0.1, 0.15) is 168 Å². The normalized spacial score (nSPS) is 15.0. The van der Waals surface area contributed by atoms with E-state index in [1.165, 1.54) is 64.2 Å². The SMILES string of the molecule is CC/C=C\C/C=C\C/C=C\C/C=C\CCCCCCC(=O)NC(COP(=O)(O)OCC[N+](C)(C)C)C(O)CCCCCCCCCCCCCCC. The fraction of sp³-hybridized carbons (Fsp3) is 0.791. The molecule has 1 amide bonds. The summed E-state index contributed by atoms with van der Waals surface area (Å²) in [6, 6.07) is -0.773. The average Bonchev–Trinajstić information content (AvgIpc) is 3.09. The lowest BCUT2D eigenvalue weighted by molar-refractivity contribution is -0.870. The molecular weight excluding hydrogens is 671 g/mol. The Kier molecular flexibility index (Phi) is 34.1. The molecule has 0 heterocycles. The van der Waals surface area contributed by atoms with Crippen molar-refractivity contribution >= 4 is 13.7 Å². The summed E-state index contributed by atoms with van der Waals surface area (Å²) in [7, 11) is 1.59. The number of hydrogen-bond acceptors (Lipinski definition) is 5. The van der Waals surface area contributed by atoms with Crippen LogP contribution in [0.15, 0.2) is 48.6 Å². The van der Waals surface area contributed by atoms with Crippen molar-refractivity contribution in [2.45, 2.75) is 180 Å². The van der Waals surface area contributed by atoms with Gasteiger partial charge in [0.2, 0.25) is 5.91 Å². The minimum absolute atomic E-state index is 0.0676. The molecule has 0 radical (unpaired) electrons. The lowest BCUT2D eigenvalue weighted by Crippen LogP contribution is -2.46. The first-order chi connectivity index (χ1) is 25.0. The smallest absolute Gasteiger partial charge is 0.391 e. The topological polar surface area (TPSA) is 105 Å². The van der Waals surface area contributed by atoms with E-state index in [2.05, 4.69) is 67.8 Å². The highest BCUT2D eigenvalue weighted by molar-refractivity contribution is 7.47. The standard InChI is InChI=1S/C43H81N2O6P/c1-6-8-10-12-14-16-18-20-21-22-23-25-27-29-31-33-35-37-43(47)44-41(40-51-52(48,49)50-39-38-45(3,4)5)42(46)36-34-32-30-28-26-24-19-17-15-13-11-9-7-2/h8,10,14,16,20-21,23,25,41-42,46H,6-7,9,11-13,15,17-19,22,24,26-40H2,1-5H3,(H-,44,47,48,49)/p+1/b10-8-,16-14-,21-20-,25-23-. The van der Waals surface area contributed by atoms with E-state index in [0.29, 0.717) is 23.9 Å². The van der Waals surface area contributed by atoms with Crippen molar-refractivity contribution in [3.63, 3.8) is 0 Å². The van der Waals surface area contributed by atoms with Gasteiger partial charge < -0.3 is 19.8 Å². The molecule has 0 saturated heterocycles. The Bertz CT molecular complexity index is 991. The van der Waals surface area contributed by atoms with Gasteiger partial charge in [0.1, 0.15) is 13.2 Å². The molecule has 3 atom stereocenters. The number of nitrogens with one attached hydrogen (secondary N) is 1. The van der Waals surface area contributed by atoms with Gasteiger partial charge in [-0.15, -0.1) is 0 Å². The average molecular weight is 754 g/mol. The molecule has 0 rings (SSSR count). The Hall–Kier alpha value is -1.54. The Morgan fingerprint density at radius 1 is 0.673 bits per heavy atom. The maximum atomic E-state index is 12.8. The summed E-state index contributed by atoms with van der Waals surface area (Å²) in [5.41, 5.74) is 0. The van der Waals surface area contributed by atoms with Crippen LogP contribution in [0.25, 0.3) is 0 Å². The molecule has 9 heteroatoms. The largest absolute Gasteiger partial charge is 0.472 e. The number of phosphoric ester groups is 1. The van der Waals surface area contributed by atoms with Gasteiger partial charge in [-0.05, 0) is 51.4 Å². The first-order valence-electron chi connectivity index (χ1n) is 21.0. The lowest BCUT2D eigenvalue weighted by atomic mass is 10.0. The van der Waals surface area contributed by atoms with Gasteiger partial charge in [-0.1, -0.05) is 159 Å². The van der Waals surface area contributed by atoms with Crippen molar-refractivity contribution in [1.29, 1.82) is 0 Å². The predicted octanol–water partition coefficient (Wildman–Crippen LogP) is 11.3. The first kappa shape index (κ1) is 50.5. The molecule has 0 aromatic heterocycles. The summed E-state index contributed by atoms with van der Waals surface area (Å²) in [6.45, 7) is 4.73. The van der Waals surface area contributed by atoms with Crippen LogP contribution in [0.3, 0.4) is 0 Å². The third kappa shape index (κ3) is 36.8. The number of carbonyl (C=O) groups is 1. The number of amides is 1. The van der Waals surface area contributed by atoms with Crippen LogP contribution in [0.5, 0.6) is 0 Å². The van der Waals surface area contributed by atoms with E-state index in [-0.39, 0.29) is 19.1 Å². The molecule has 52 heavy (non-hydrogen) atoms. The number of phosphoric acid groups is 1. The highest BCUT2D eigenvalue weighted by atomic mass is 31.2. The van der Waals surface area contributed by atoms with Crippen molar-refractivity contribution in [2.24, 2.45) is 0 Å². The zero-order valence-corrected chi connectivity index (χ0v) is 35.2. The van der Waals surface area contributed by atoms with E-state index in [1.807, 2.05) is 21.1 Å². The van der Waals surface area contributed by atoms with Crippen molar-refractivity contribution in [3.05, 3.63) is 48.6 Å². The molecule has 3 unspecified atom stereocenters. The highest BCUT2D eigenvalue weighted by Crippen LogP contribution is 2.43. The summed E-state index contributed by atoms with van der Waals surface area (Å²) in [4.78, 5) is 23.1. The Balaban J connectivity index is 4.46. The number of carbonyl (C=O) groups excluding carboxylic acids is 1. The Labute approximate surface area is 320 Å². The van der Waals surface area contributed by atoms with Crippen LogP contribution in [-0.2, 0) is 18.4 Å². The van der Waals surface area contributed by atoms with E-state index in [0.717, 1.165) is 77.0 Å². The number of hydrogen-bond donors (Lipinski definition) is 3. The number of allylic oxidation sites excluding steroid dienone is 8. The third-order valence-corrected chi connectivity index (χ3v) is 10.1. The lowest BCUT2D eigenvalue weighted by Gasteiger charge is -2.26. The number of aliphatic hydroxyl groups excluding tert-OH is 1. The van der Waals surface area contributed by atoms with Crippen LogP contribution >= 0.6 is 7.82 Å². The maximum Gasteiger partial charge on any atom is 0.472 e. The second kappa shape index (κ2) is 35.2. The number of unbranched alkanes of at least 4 members (excludes halogenated alkanes) is 16. The quantitative estimate of drug-likeness (QED) is 0.0252. The maximum absolute atomic E-state index is 12.8. The van der Waals surface area contributed by atoms with Crippen molar-refractivity contribution in [1.82, 2.24) is 5.32 Å². The zero-order chi connectivity index (χ0) is 38.6. The van der Waals surface area contributed by atoms with Gasteiger partial charge in [-0.25, -0.2) is 4.57 Å². The second-order valence-electron chi connectivity index (χ2n) is 15.3. The number of rotatable bonds is 37. The minimum atomic E-state index is -4.32. The molecule has 8 nitrogen and oxygen atoms in total. The van der Waals surface area contributed by atoms with Gasteiger partial charge in [0, 0.05) is 6.42 Å². The van der Waals surface area contributed by atoms with Crippen LogP contribution < -0.4 is 5.32 Å². The number of likely N-dealkylation sites (N-methyl/N-ethyl adjacent to an activating group) is 1. The van der Waals surface area contributed by atoms with Crippen LogP contribution in [0.4, 0.5) is 0 Å². The van der Waals surface area contributed by atoms with Crippen LogP contribution in [0.2, 0.25) is 0 Å². The monoisotopic (exact) mass is 754 g/mol. The molecule has 0 aliphatic carbocycles. The van der Waals surface area contributed by atoms with Crippen molar-refractivity contribution in [3.8, 4) is 0 Å². The van der Waals surface area contributed by atoms with Gasteiger partial charge in [-0.3, -0.25) is 13.8 Å². The molecule has 0 saturated carbocycles. The molecule has 0 bridgehead atoms. The summed E-state index contributed by atoms with van der Waals surface area (Å²) < 4.78 is 23.6. The molecule has 0 aromatic carbocycles. The minimum Gasteiger partial charge on any atom is -0.391 e. The Morgan fingerprint density at radius 2 is 1.15 bits per heavy atom. The van der Waals surface area contributed by atoms with E-state index in [4.69, 9.17) is 9.05 Å². The molecular formula is C43H82N2O6P+. The molecule has 0 aromatic rings. The molecule has 304 valence electrons. The van der Waals surface area contributed by atoms with Crippen molar-refractivity contribution in [2.75, 3.05) is 40.9 Å². The number of quaternary nitrogens is 1. The third-order valence-electron chi connectivity index (χ3n) is 9.09. The molecule has 0 aliphatic heterocycles. The number of aliphatic hydroxyl groups is 1. The fourth-order valence-corrected chi connectivity index (χ4v) is 6.48. The first-order valence-corrected chi connectivity index (χ1v) is 22.5. The Morgan fingerprint density at radius 3 is 1.69 bits per heavy atom. The van der Waals surface area contributed by atoms with Gasteiger partial charge in [0.25, 0.3) is 0 Å². The second-order valence-corrected chi connectivity index (χ2v) is 16.8. The van der Waals surface area contributed by atoms with Crippen molar-refractivity contribution < 1.29 is 32.9 Å². The van der Waals surface area contributed by atoms with E-state index < -0.39 is 20.0 Å². The van der Waals surface area contributed by atoms with E-state index in [1.54, 1.807) is 0 Å². The molecule has 0 spiro atoms. The summed E-state index contributed by atoms with van der Waals surface area (Å²) in [6.07, 6.45) is 42.7. The molecule has 3 N–H and O–H groups in total. The fourth-order valence-electron chi connectivity index (χ4n) is 5.74. The zero-order valence-electron chi connectivity index (χ0n) is 34.3. The van der Waals surface area contributed by atoms with E-state index in [9.17, 15) is 19.4 Å². The molecule has 0 aliphatic rings. The van der Waals surface area contributed by atoms with Crippen LogP contribution in [0, 0.1) is 0 Å². The van der Waals surface area contributed by atoms with Crippen LogP contribution in [-0.4, -0.2) is 73.4 Å². The molecule has 0 fully saturated rings. The summed E-state index contributed by atoms with van der Waals surface area (Å²) in [5, 5.41) is 13.9. The van der Waals surface area contributed by atoms with Gasteiger partial charge in [-0.2, -0.15) is 0 Å². The number of nitrogens with zero attached hydrogens (tertiary/aromatic N) is 1. The highest BCUT2D eigenvalue weighted by Gasteiger charge is 2.28. The van der Waals surface area contributed by atoms with E-state index >= 15 is 0 Å².